The van der Waals surface area contributed by atoms with Crippen LogP contribution in [-0.4, -0.2) is 71.1 Å². The SMILES string of the molecule is CC(Nc1cncc(Cl)n1)c1cc(C(=O)N(C)C)cc2ncc(N3CCOCC3)nc12. The molecule has 1 aromatic carbocycles. The molecule has 1 N–H and O–H groups in total. The van der Waals surface area contributed by atoms with Gasteiger partial charge in [0.1, 0.15) is 16.8 Å². The van der Waals surface area contributed by atoms with E-state index in [-0.39, 0.29) is 11.9 Å². The van der Waals surface area contributed by atoms with Crippen LogP contribution in [0.25, 0.3) is 11.0 Å². The molecule has 10 heteroatoms. The molecule has 0 saturated carbocycles. The number of morpholine rings is 1. The van der Waals surface area contributed by atoms with E-state index in [9.17, 15) is 4.79 Å². The zero-order valence-electron chi connectivity index (χ0n) is 17.7. The van der Waals surface area contributed by atoms with Crippen LogP contribution in [0, 0.1) is 0 Å². The average Bonchev–Trinajstić information content (AvgIpc) is 2.78. The smallest absolute Gasteiger partial charge is 0.253 e. The van der Waals surface area contributed by atoms with E-state index in [2.05, 4.69) is 25.2 Å². The van der Waals surface area contributed by atoms with Crippen LogP contribution >= 0.6 is 11.6 Å². The lowest BCUT2D eigenvalue weighted by Gasteiger charge is -2.28. The van der Waals surface area contributed by atoms with E-state index >= 15 is 0 Å². The molecule has 3 aromatic rings. The second kappa shape index (κ2) is 8.99. The van der Waals surface area contributed by atoms with Gasteiger partial charge < -0.3 is 19.9 Å². The molecule has 1 aliphatic rings. The summed E-state index contributed by atoms with van der Waals surface area (Å²) in [5.74, 6) is 1.23. The first-order valence-electron chi connectivity index (χ1n) is 10.0. The van der Waals surface area contributed by atoms with Gasteiger partial charge in [0.25, 0.3) is 5.91 Å². The van der Waals surface area contributed by atoms with Crippen molar-refractivity contribution in [1.29, 1.82) is 0 Å². The fraction of sp³-hybridized carbons (Fsp3) is 0.381. The van der Waals surface area contributed by atoms with Crippen molar-refractivity contribution in [2.45, 2.75) is 13.0 Å². The number of carbonyl (C=O) groups is 1. The maximum Gasteiger partial charge on any atom is 0.253 e. The maximum absolute atomic E-state index is 12.7. The van der Waals surface area contributed by atoms with Gasteiger partial charge in [0.2, 0.25) is 0 Å². The molecule has 1 aliphatic heterocycles. The van der Waals surface area contributed by atoms with Crippen molar-refractivity contribution in [3.05, 3.63) is 47.0 Å². The Labute approximate surface area is 185 Å². The normalized spacial score (nSPS) is 15.0. The second-order valence-corrected chi connectivity index (χ2v) is 7.94. The summed E-state index contributed by atoms with van der Waals surface area (Å²) in [4.78, 5) is 34.2. The van der Waals surface area contributed by atoms with E-state index in [0.717, 1.165) is 30.0 Å². The summed E-state index contributed by atoms with van der Waals surface area (Å²) in [6, 6.07) is 3.42. The van der Waals surface area contributed by atoms with Crippen LogP contribution in [0.1, 0.15) is 28.9 Å². The lowest BCUT2D eigenvalue weighted by molar-refractivity contribution is 0.0827. The number of amides is 1. The van der Waals surface area contributed by atoms with E-state index in [1.165, 1.54) is 6.20 Å². The number of nitrogens with one attached hydrogen (secondary N) is 1. The first-order valence-corrected chi connectivity index (χ1v) is 10.4. The number of hydrogen-bond acceptors (Lipinski definition) is 8. The summed E-state index contributed by atoms with van der Waals surface area (Å²) in [6.45, 7) is 4.82. The van der Waals surface area contributed by atoms with Gasteiger partial charge in [-0.05, 0) is 19.1 Å². The Morgan fingerprint density at radius 1 is 1.19 bits per heavy atom. The number of rotatable bonds is 5. The molecule has 1 fully saturated rings. The predicted molar refractivity (Wildman–Crippen MR) is 120 cm³/mol. The Morgan fingerprint density at radius 2 is 1.97 bits per heavy atom. The van der Waals surface area contributed by atoms with Gasteiger partial charge >= 0.3 is 0 Å². The fourth-order valence-electron chi connectivity index (χ4n) is 3.50. The number of aromatic nitrogens is 4. The molecule has 31 heavy (non-hydrogen) atoms. The highest BCUT2D eigenvalue weighted by atomic mass is 35.5. The monoisotopic (exact) mass is 441 g/mol. The molecule has 1 amide bonds. The lowest BCUT2D eigenvalue weighted by Crippen LogP contribution is -2.36. The predicted octanol–water partition coefficient (Wildman–Crippen LogP) is 2.78. The molecule has 9 nitrogen and oxygen atoms in total. The first kappa shape index (κ1) is 21.2. The zero-order valence-corrected chi connectivity index (χ0v) is 18.4. The van der Waals surface area contributed by atoms with Crippen molar-refractivity contribution in [2.24, 2.45) is 0 Å². The average molecular weight is 442 g/mol. The van der Waals surface area contributed by atoms with Crippen LogP contribution in [0.4, 0.5) is 11.6 Å². The Kier molecular flexibility index (Phi) is 6.15. The van der Waals surface area contributed by atoms with Crippen molar-refractivity contribution >= 4 is 40.2 Å². The third-order valence-corrected chi connectivity index (χ3v) is 5.27. The van der Waals surface area contributed by atoms with E-state index in [0.29, 0.717) is 35.3 Å². The third kappa shape index (κ3) is 4.67. The molecular formula is C21H24ClN7O2. The van der Waals surface area contributed by atoms with E-state index in [1.54, 1.807) is 37.5 Å². The Balaban J connectivity index is 1.78. The molecule has 162 valence electrons. The van der Waals surface area contributed by atoms with Gasteiger partial charge in [0.15, 0.2) is 0 Å². The number of ether oxygens (including phenoxy) is 1. The van der Waals surface area contributed by atoms with Crippen LogP contribution in [0.5, 0.6) is 0 Å². The van der Waals surface area contributed by atoms with Crippen molar-refractivity contribution in [2.75, 3.05) is 50.6 Å². The van der Waals surface area contributed by atoms with Crippen LogP contribution in [-0.2, 0) is 4.74 Å². The molecule has 0 aliphatic carbocycles. The van der Waals surface area contributed by atoms with Crippen molar-refractivity contribution in [3.63, 3.8) is 0 Å². The minimum Gasteiger partial charge on any atom is -0.378 e. The summed E-state index contributed by atoms with van der Waals surface area (Å²) in [7, 11) is 3.45. The van der Waals surface area contributed by atoms with Crippen molar-refractivity contribution < 1.29 is 9.53 Å². The summed E-state index contributed by atoms with van der Waals surface area (Å²) in [6.07, 6.45) is 4.83. The highest BCUT2D eigenvalue weighted by Gasteiger charge is 2.20. The second-order valence-electron chi connectivity index (χ2n) is 7.55. The van der Waals surface area contributed by atoms with Crippen LogP contribution in [0.2, 0.25) is 5.15 Å². The third-order valence-electron chi connectivity index (χ3n) is 5.09. The van der Waals surface area contributed by atoms with E-state index < -0.39 is 0 Å². The molecule has 0 radical (unpaired) electrons. The number of nitrogens with zero attached hydrogens (tertiary/aromatic N) is 6. The largest absolute Gasteiger partial charge is 0.378 e. The fourth-order valence-corrected chi connectivity index (χ4v) is 3.65. The number of fused-ring (bicyclic) bond motifs is 1. The standard InChI is InChI=1S/C21H24ClN7O2/c1-13(25-18-11-23-10-17(22)26-18)15-8-14(21(30)28(2)3)9-16-20(15)27-19(12-24-16)29-4-6-31-7-5-29/h8-13H,4-7H2,1-3H3,(H,25,26). The quantitative estimate of drug-likeness (QED) is 0.645. The van der Waals surface area contributed by atoms with Crippen molar-refractivity contribution in [1.82, 2.24) is 24.8 Å². The van der Waals surface area contributed by atoms with Gasteiger partial charge in [0, 0.05) is 38.3 Å². The molecule has 1 atom stereocenters. The van der Waals surface area contributed by atoms with Gasteiger partial charge in [-0.2, -0.15) is 0 Å². The number of anilines is 2. The van der Waals surface area contributed by atoms with Crippen molar-refractivity contribution in [3.8, 4) is 0 Å². The number of benzene rings is 1. The summed E-state index contributed by atoms with van der Waals surface area (Å²) < 4.78 is 5.45. The molecule has 2 aromatic heterocycles. The lowest BCUT2D eigenvalue weighted by atomic mass is 10.0. The highest BCUT2D eigenvalue weighted by molar-refractivity contribution is 6.29. The molecule has 0 bridgehead atoms. The molecule has 3 heterocycles. The van der Waals surface area contributed by atoms with Gasteiger partial charge in [-0.15, -0.1) is 0 Å². The minimum absolute atomic E-state index is 0.100. The summed E-state index contributed by atoms with van der Waals surface area (Å²) in [5.41, 5.74) is 2.78. The van der Waals surface area contributed by atoms with Gasteiger partial charge in [-0.3, -0.25) is 14.8 Å². The topological polar surface area (TPSA) is 96.4 Å². The molecule has 4 rings (SSSR count). The summed E-state index contributed by atoms with van der Waals surface area (Å²) >= 11 is 5.98. The van der Waals surface area contributed by atoms with E-state index in [1.807, 2.05) is 13.0 Å². The summed E-state index contributed by atoms with van der Waals surface area (Å²) in [5, 5.41) is 3.60. The van der Waals surface area contributed by atoms with E-state index in [4.69, 9.17) is 21.3 Å². The van der Waals surface area contributed by atoms with Crippen LogP contribution in [0.3, 0.4) is 0 Å². The van der Waals surface area contributed by atoms with Gasteiger partial charge in [0.05, 0.1) is 48.9 Å². The highest BCUT2D eigenvalue weighted by Crippen LogP contribution is 2.28. The molecule has 1 saturated heterocycles. The minimum atomic E-state index is -0.223. The van der Waals surface area contributed by atoms with Gasteiger partial charge in [-0.1, -0.05) is 11.6 Å². The molecule has 1 unspecified atom stereocenters. The number of hydrogen-bond donors (Lipinski definition) is 1. The maximum atomic E-state index is 12.7. The molecular weight excluding hydrogens is 418 g/mol. The first-order chi connectivity index (χ1) is 14.9. The zero-order chi connectivity index (χ0) is 22.0. The Hall–Kier alpha value is -3.04. The van der Waals surface area contributed by atoms with Crippen LogP contribution < -0.4 is 10.2 Å². The van der Waals surface area contributed by atoms with Crippen LogP contribution in [0.15, 0.2) is 30.7 Å². The molecule has 0 spiro atoms. The number of halogens is 1. The van der Waals surface area contributed by atoms with Gasteiger partial charge in [-0.25, -0.2) is 9.97 Å². The Morgan fingerprint density at radius 3 is 2.68 bits per heavy atom. The Bertz CT molecular complexity index is 1100. The number of carbonyl (C=O) groups excluding carboxylic acids is 1.